The third-order valence-corrected chi connectivity index (χ3v) is 3.87. The molecule has 0 bridgehead atoms. The maximum Gasteiger partial charge on any atom is 0.134 e. The van der Waals surface area contributed by atoms with Crippen LogP contribution in [0.5, 0.6) is 5.75 Å². The number of nitrogens with one attached hydrogen (secondary N) is 1. The smallest absolute Gasteiger partial charge is 0.134 e. The summed E-state index contributed by atoms with van der Waals surface area (Å²) >= 11 is 3.36. The van der Waals surface area contributed by atoms with Crippen LogP contribution in [0.4, 0.5) is 8.78 Å². The molecule has 0 spiro atoms. The Bertz CT molecular complexity index is 593. The zero-order valence-electron chi connectivity index (χ0n) is 11.8. The highest BCUT2D eigenvalue weighted by Crippen LogP contribution is 2.28. The predicted octanol–water partition coefficient (Wildman–Crippen LogP) is 4.24. The Labute approximate surface area is 131 Å². The first-order chi connectivity index (χ1) is 10.0. The zero-order valence-corrected chi connectivity index (χ0v) is 13.4. The fourth-order valence-corrected chi connectivity index (χ4v) is 2.48. The van der Waals surface area contributed by atoms with Crippen LogP contribution in [0.1, 0.15) is 17.2 Å². The molecule has 1 unspecified atom stereocenters. The van der Waals surface area contributed by atoms with Crippen molar-refractivity contribution < 1.29 is 13.5 Å². The molecule has 0 aromatic heterocycles. The standard InChI is InChI=1S/C16H16BrF2NO/c1-20-15(7-10-3-5-11(17)6-4-10)16-13(18)8-12(21-2)9-14(16)19/h3-6,8-9,15,20H,7H2,1-2H3. The lowest BCUT2D eigenvalue weighted by molar-refractivity contribution is 0.401. The monoisotopic (exact) mass is 355 g/mol. The minimum Gasteiger partial charge on any atom is -0.497 e. The van der Waals surface area contributed by atoms with Crippen molar-refractivity contribution in [1.82, 2.24) is 5.32 Å². The molecule has 0 aliphatic carbocycles. The third-order valence-electron chi connectivity index (χ3n) is 3.34. The van der Waals surface area contributed by atoms with E-state index < -0.39 is 17.7 Å². The first kappa shape index (κ1) is 15.9. The van der Waals surface area contributed by atoms with Crippen LogP contribution in [0.2, 0.25) is 0 Å². The van der Waals surface area contributed by atoms with Crippen LogP contribution in [0.25, 0.3) is 0 Å². The van der Waals surface area contributed by atoms with Gasteiger partial charge >= 0.3 is 0 Å². The van der Waals surface area contributed by atoms with E-state index >= 15 is 0 Å². The van der Waals surface area contributed by atoms with Gasteiger partial charge in [0.25, 0.3) is 0 Å². The highest BCUT2D eigenvalue weighted by molar-refractivity contribution is 9.10. The van der Waals surface area contributed by atoms with Gasteiger partial charge in [0.1, 0.15) is 17.4 Å². The quantitative estimate of drug-likeness (QED) is 0.865. The van der Waals surface area contributed by atoms with E-state index in [1.165, 1.54) is 19.2 Å². The third kappa shape index (κ3) is 3.80. The Morgan fingerprint density at radius 3 is 2.19 bits per heavy atom. The van der Waals surface area contributed by atoms with Gasteiger partial charge in [-0.1, -0.05) is 28.1 Å². The highest BCUT2D eigenvalue weighted by atomic mass is 79.9. The van der Waals surface area contributed by atoms with Crippen molar-refractivity contribution in [2.45, 2.75) is 12.5 Å². The van der Waals surface area contributed by atoms with Gasteiger partial charge < -0.3 is 10.1 Å². The lowest BCUT2D eigenvalue weighted by atomic mass is 9.98. The molecule has 1 atom stereocenters. The molecule has 0 fully saturated rings. The lowest BCUT2D eigenvalue weighted by Crippen LogP contribution is -2.21. The first-order valence-corrected chi connectivity index (χ1v) is 7.29. The van der Waals surface area contributed by atoms with Gasteiger partial charge in [-0.2, -0.15) is 0 Å². The van der Waals surface area contributed by atoms with Crippen molar-refractivity contribution in [3.63, 3.8) is 0 Å². The van der Waals surface area contributed by atoms with Crippen molar-refractivity contribution in [2.75, 3.05) is 14.2 Å². The Morgan fingerprint density at radius 1 is 1.14 bits per heavy atom. The van der Waals surface area contributed by atoms with Gasteiger partial charge in [-0.3, -0.25) is 0 Å². The summed E-state index contributed by atoms with van der Waals surface area (Å²) in [6.45, 7) is 0. The van der Waals surface area contributed by atoms with Gasteiger partial charge in [0, 0.05) is 28.2 Å². The molecule has 2 rings (SSSR count). The van der Waals surface area contributed by atoms with Crippen molar-refractivity contribution in [3.8, 4) is 5.75 Å². The Kier molecular flexibility index (Phi) is 5.31. The number of hydrogen-bond acceptors (Lipinski definition) is 2. The molecule has 0 aliphatic rings. The maximum absolute atomic E-state index is 14.1. The molecule has 0 radical (unpaired) electrons. The van der Waals surface area contributed by atoms with E-state index in [9.17, 15) is 8.78 Å². The SMILES string of the molecule is CNC(Cc1ccc(Br)cc1)c1c(F)cc(OC)cc1F. The highest BCUT2D eigenvalue weighted by Gasteiger charge is 2.20. The van der Waals surface area contributed by atoms with Gasteiger partial charge in [-0.15, -0.1) is 0 Å². The van der Waals surface area contributed by atoms with Gasteiger partial charge in [-0.05, 0) is 31.2 Å². The fraction of sp³-hybridized carbons (Fsp3) is 0.250. The van der Waals surface area contributed by atoms with Crippen molar-refractivity contribution in [2.24, 2.45) is 0 Å². The number of benzene rings is 2. The van der Waals surface area contributed by atoms with Crippen LogP contribution in [-0.2, 0) is 6.42 Å². The molecule has 112 valence electrons. The molecule has 0 heterocycles. The predicted molar refractivity (Wildman–Crippen MR) is 82.6 cm³/mol. The summed E-state index contributed by atoms with van der Waals surface area (Å²) in [5, 5.41) is 2.97. The summed E-state index contributed by atoms with van der Waals surface area (Å²) in [5.74, 6) is -1.04. The molecule has 2 aromatic rings. The number of hydrogen-bond donors (Lipinski definition) is 1. The van der Waals surface area contributed by atoms with Crippen LogP contribution in [0.15, 0.2) is 40.9 Å². The number of halogens is 3. The van der Waals surface area contributed by atoms with E-state index in [1.54, 1.807) is 7.05 Å². The van der Waals surface area contributed by atoms with Gasteiger partial charge in [0.2, 0.25) is 0 Å². The average Bonchev–Trinajstić information content (AvgIpc) is 2.47. The molecule has 2 aromatic carbocycles. The number of methoxy groups -OCH3 is 1. The molecule has 5 heteroatoms. The molecule has 2 nitrogen and oxygen atoms in total. The second-order valence-corrected chi connectivity index (χ2v) is 5.59. The van der Waals surface area contributed by atoms with E-state index in [1.807, 2.05) is 24.3 Å². The molecule has 21 heavy (non-hydrogen) atoms. The van der Waals surface area contributed by atoms with E-state index in [-0.39, 0.29) is 11.3 Å². The summed E-state index contributed by atoms with van der Waals surface area (Å²) in [5.41, 5.74) is 1.02. The minimum absolute atomic E-state index is 0.0289. The van der Waals surface area contributed by atoms with Crippen molar-refractivity contribution in [1.29, 1.82) is 0 Å². The summed E-state index contributed by atoms with van der Waals surface area (Å²) < 4.78 is 34.1. The number of likely N-dealkylation sites (N-methyl/N-ethyl adjacent to an activating group) is 1. The van der Waals surface area contributed by atoms with Crippen LogP contribution in [0, 0.1) is 11.6 Å². The molecule has 1 N–H and O–H groups in total. The van der Waals surface area contributed by atoms with Crippen molar-refractivity contribution >= 4 is 15.9 Å². The molecular weight excluding hydrogens is 340 g/mol. The topological polar surface area (TPSA) is 21.3 Å². The van der Waals surface area contributed by atoms with E-state index in [2.05, 4.69) is 21.2 Å². The summed E-state index contributed by atoms with van der Waals surface area (Å²) in [4.78, 5) is 0. The summed E-state index contributed by atoms with van der Waals surface area (Å²) in [6.07, 6.45) is 0.490. The average molecular weight is 356 g/mol. The van der Waals surface area contributed by atoms with Crippen LogP contribution < -0.4 is 10.1 Å². The first-order valence-electron chi connectivity index (χ1n) is 6.49. The van der Waals surface area contributed by atoms with Crippen molar-refractivity contribution in [3.05, 3.63) is 63.6 Å². The van der Waals surface area contributed by atoms with Gasteiger partial charge in [-0.25, -0.2) is 8.78 Å². The number of rotatable bonds is 5. The van der Waals surface area contributed by atoms with E-state index in [0.29, 0.717) is 6.42 Å². The fourth-order valence-electron chi connectivity index (χ4n) is 2.22. The summed E-state index contributed by atoms with van der Waals surface area (Å²) in [6, 6.07) is 9.61. The lowest BCUT2D eigenvalue weighted by Gasteiger charge is -2.19. The van der Waals surface area contributed by atoms with Crippen LogP contribution in [0.3, 0.4) is 0 Å². The normalized spacial score (nSPS) is 12.2. The van der Waals surface area contributed by atoms with Gasteiger partial charge in [0.05, 0.1) is 7.11 Å². The summed E-state index contributed by atoms with van der Waals surface area (Å²) in [7, 11) is 3.07. The molecular formula is C16H16BrF2NO. The maximum atomic E-state index is 14.1. The molecule has 0 saturated carbocycles. The largest absolute Gasteiger partial charge is 0.497 e. The van der Waals surface area contributed by atoms with Gasteiger partial charge in [0.15, 0.2) is 0 Å². The Hall–Kier alpha value is -1.46. The minimum atomic E-state index is -0.608. The Balaban J connectivity index is 2.31. The van der Waals surface area contributed by atoms with Crippen LogP contribution >= 0.6 is 15.9 Å². The Morgan fingerprint density at radius 2 is 1.71 bits per heavy atom. The molecule has 0 saturated heterocycles. The number of ether oxygens (including phenoxy) is 1. The van der Waals surface area contributed by atoms with E-state index in [4.69, 9.17) is 4.74 Å². The zero-order chi connectivity index (χ0) is 15.4. The second kappa shape index (κ2) is 7.00. The second-order valence-electron chi connectivity index (χ2n) is 4.68. The van der Waals surface area contributed by atoms with Crippen LogP contribution in [-0.4, -0.2) is 14.2 Å². The van der Waals surface area contributed by atoms with E-state index in [0.717, 1.165) is 10.0 Å². The molecule has 0 amide bonds. The molecule has 0 aliphatic heterocycles.